The van der Waals surface area contributed by atoms with Crippen LogP contribution in [0.4, 0.5) is 0 Å². The van der Waals surface area contributed by atoms with Crippen molar-refractivity contribution in [2.45, 2.75) is 155 Å². The fraction of sp³-hybridized carbons (Fsp3) is 0.833. The predicted molar refractivity (Wildman–Crippen MR) is 147 cm³/mol. The van der Waals surface area contributed by atoms with E-state index in [9.17, 15) is 29.7 Å². The number of carboxylic acids is 3. The van der Waals surface area contributed by atoms with Gasteiger partial charge in [-0.1, -0.05) is 89.7 Å². The Morgan fingerprint density at radius 2 is 0.973 bits per heavy atom. The topological polar surface area (TPSA) is 115 Å². The molecule has 2 N–H and O–H groups in total. The van der Waals surface area contributed by atoms with Crippen molar-refractivity contribution in [1.29, 1.82) is 0 Å². The van der Waals surface area contributed by atoms with Crippen LogP contribution in [0.5, 0.6) is 0 Å². The number of hydrogen-bond donors (Lipinski definition) is 2. The summed E-state index contributed by atoms with van der Waals surface area (Å²) in [4.78, 5) is 35.2. The first kappa shape index (κ1) is 35.1. The minimum Gasteiger partial charge on any atom is -0.544 e. The molecule has 0 aromatic heterocycles. The van der Waals surface area contributed by atoms with Gasteiger partial charge < -0.3 is 20.1 Å². The lowest BCUT2D eigenvalue weighted by Crippen LogP contribution is -2.72. The first-order chi connectivity index (χ1) is 17.6. The first-order valence-electron chi connectivity index (χ1n) is 14.8. The van der Waals surface area contributed by atoms with Crippen LogP contribution in [0.3, 0.4) is 0 Å². The van der Waals surface area contributed by atoms with E-state index in [4.69, 9.17) is 0 Å². The summed E-state index contributed by atoms with van der Waals surface area (Å²) in [6, 6.07) is -3.56. The monoisotopic (exact) mass is 525 g/mol. The highest BCUT2D eigenvalue weighted by Crippen LogP contribution is 2.27. The fourth-order valence-electron chi connectivity index (χ4n) is 5.36. The van der Waals surface area contributed by atoms with Crippen molar-refractivity contribution in [3.63, 3.8) is 0 Å². The molecule has 0 amide bonds. The third-order valence-electron chi connectivity index (χ3n) is 8.03. The van der Waals surface area contributed by atoms with Crippen LogP contribution in [-0.2, 0) is 14.4 Å². The Balaban J connectivity index is 4.17. The molecular weight excluding hydrogens is 470 g/mol. The summed E-state index contributed by atoms with van der Waals surface area (Å²) in [6.07, 6.45) is 24.7. The van der Waals surface area contributed by atoms with Crippen LogP contribution in [-0.4, -0.2) is 57.3 Å². The molecule has 0 saturated carbocycles. The molecule has 216 valence electrons. The SMILES string of the molecule is CCCCCCCCC/C=C/CCCCCCCCCC[N+](C(C)C(=O)[O-])(C(C)C(=O)O)C(C)C(=O)O. The van der Waals surface area contributed by atoms with Gasteiger partial charge >= 0.3 is 11.9 Å². The van der Waals surface area contributed by atoms with Crippen LogP contribution in [0.1, 0.15) is 137 Å². The Labute approximate surface area is 225 Å². The quantitative estimate of drug-likeness (QED) is 0.0846. The molecule has 0 bridgehead atoms. The summed E-state index contributed by atoms with van der Waals surface area (Å²) < 4.78 is -0.542. The number of aliphatic carboxylic acids is 3. The van der Waals surface area contributed by atoms with E-state index in [1.54, 1.807) is 0 Å². The summed E-state index contributed by atoms with van der Waals surface area (Å²) >= 11 is 0. The third-order valence-corrected chi connectivity index (χ3v) is 8.03. The molecule has 0 rings (SSSR count). The molecule has 0 aromatic carbocycles. The highest BCUT2D eigenvalue weighted by molar-refractivity contribution is 5.76. The van der Waals surface area contributed by atoms with Gasteiger partial charge in [0.25, 0.3) is 0 Å². The number of nitrogens with zero attached hydrogens (tertiary/aromatic N) is 1. The maximum absolute atomic E-state index is 11.8. The van der Waals surface area contributed by atoms with Gasteiger partial charge in [0.15, 0.2) is 12.1 Å². The number of carbonyl (C=O) groups excluding carboxylic acids is 1. The average molecular weight is 526 g/mol. The maximum atomic E-state index is 11.8. The maximum Gasteiger partial charge on any atom is 0.362 e. The number of allylic oxidation sites excluding steroid dienone is 2. The normalized spacial score (nSPS) is 15.8. The number of quaternary nitrogens is 1. The first-order valence-corrected chi connectivity index (χ1v) is 14.8. The molecule has 0 spiro atoms. The molecule has 0 aliphatic carbocycles. The van der Waals surface area contributed by atoms with Crippen LogP contribution in [0.15, 0.2) is 12.2 Å². The molecule has 0 aliphatic heterocycles. The molecule has 0 aliphatic rings. The van der Waals surface area contributed by atoms with Crippen LogP contribution < -0.4 is 5.11 Å². The predicted octanol–water partition coefficient (Wildman–Crippen LogP) is 6.10. The molecule has 7 heteroatoms. The summed E-state index contributed by atoms with van der Waals surface area (Å²) in [6.45, 7) is 6.58. The van der Waals surface area contributed by atoms with E-state index in [1.165, 1.54) is 91.4 Å². The van der Waals surface area contributed by atoms with Crippen molar-refractivity contribution in [1.82, 2.24) is 0 Å². The Hall–Kier alpha value is -1.89. The van der Waals surface area contributed by atoms with Gasteiger partial charge in [0.2, 0.25) is 0 Å². The zero-order chi connectivity index (χ0) is 28.1. The number of hydrogen-bond acceptors (Lipinski definition) is 4. The standard InChI is InChI=1S/C30H55NO6/c1-5-6-7-8-9-10-11-12-13-14-15-16-17-18-19-20-21-22-23-24-31(25(2)28(32)33,26(3)29(34)35)27(4)30(36)37/h13-14,25-27H,5-12,15-24H2,1-4H3,(H2-,32,33,34,35,36,37)/b14-13+. The van der Waals surface area contributed by atoms with Gasteiger partial charge in [0, 0.05) is 0 Å². The third kappa shape index (κ3) is 14.0. The average Bonchev–Trinajstić information content (AvgIpc) is 2.86. The molecule has 37 heavy (non-hydrogen) atoms. The highest BCUT2D eigenvalue weighted by atomic mass is 16.4. The van der Waals surface area contributed by atoms with Crippen molar-refractivity contribution in [3.8, 4) is 0 Å². The van der Waals surface area contributed by atoms with Crippen molar-refractivity contribution in [2.24, 2.45) is 0 Å². The van der Waals surface area contributed by atoms with Gasteiger partial charge in [0.05, 0.1) is 12.5 Å². The lowest BCUT2D eigenvalue weighted by Gasteiger charge is -2.49. The zero-order valence-corrected chi connectivity index (χ0v) is 24.1. The molecule has 3 unspecified atom stereocenters. The van der Waals surface area contributed by atoms with E-state index in [2.05, 4.69) is 19.1 Å². The van der Waals surface area contributed by atoms with Crippen LogP contribution in [0.25, 0.3) is 0 Å². The van der Waals surface area contributed by atoms with Gasteiger partial charge in [-0.15, -0.1) is 0 Å². The number of rotatable bonds is 25. The van der Waals surface area contributed by atoms with Gasteiger partial charge in [-0.2, -0.15) is 0 Å². The minimum absolute atomic E-state index is 0.182. The summed E-state index contributed by atoms with van der Waals surface area (Å²) in [5.74, 6) is -3.82. The van der Waals surface area contributed by atoms with Crippen molar-refractivity contribution in [3.05, 3.63) is 12.2 Å². The zero-order valence-electron chi connectivity index (χ0n) is 24.1. The second kappa shape index (κ2) is 21.1. The van der Waals surface area contributed by atoms with Crippen molar-refractivity contribution >= 4 is 17.9 Å². The molecule has 0 aromatic rings. The van der Waals surface area contributed by atoms with Crippen LogP contribution in [0, 0.1) is 0 Å². The summed E-state index contributed by atoms with van der Waals surface area (Å²) in [7, 11) is 0. The van der Waals surface area contributed by atoms with E-state index in [1.807, 2.05) is 0 Å². The van der Waals surface area contributed by atoms with E-state index in [-0.39, 0.29) is 6.54 Å². The fourth-order valence-corrected chi connectivity index (χ4v) is 5.36. The van der Waals surface area contributed by atoms with Crippen LogP contribution >= 0.6 is 0 Å². The number of carbonyl (C=O) groups is 3. The van der Waals surface area contributed by atoms with Gasteiger partial charge in [-0.25, -0.2) is 9.59 Å². The van der Waals surface area contributed by atoms with E-state index in [0.717, 1.165) is 32.1 Å². The van der Waals surface area contributed by atoms with E-state index in [0.29, 0.717) is 6.42 Å². The van der Waals surface area contributed by atoms with Gasteiger partial charge in [0.1, 0.15) is 6.04 Å². The molecule has 0 heterocycles. The molecule has 0 radical (unpaired) electrons. The second-order valence-electron chi connectivity index (χ2n) is 10.7. The van der Waals surface area contributed by atoms with Gasteiger partial charge in [-0.3, -0.25) is 4.48 Å². The Morgan fingerprint density at radius 3 is 1.32 bits per heavy atom. The van der Waals surface area contributed by atoms with Crippen LogP contribution in [0.2, 0.25) is 0 Å². The Kier molecular flexibility index (Phi) is 20.0. The lowest BCUT2D eigenvalue weighted by molar-refractivity contribution is -0.969. The molecule has 7 nitrogen and oxygen atoms in total. The second-order valence-corrected chi connectivity index (χ2v) is 10.7. The van der Waals surface area contributed by atoms with Gasteiger partial charge in [-0.05, 0) is 59.3 Å². The smallest absolute Gasteiger partial charge is 0.362 e. The summed E-state index contributed by atoms with van der Waals surface area (Å²) in [5, 5.41) is 30.9. The lowest BCUT2D eigenvalue weighted by atomic mass is 10.00. The Morgan fingerprint density at radius 1 is 0.622 bits per heavy atom. The summed E-state index contributed by atoms with van der Waals surface area (Å²) in [5.41, 5.74) is 0. The molecular formula is C30H55NO6. The molecule has 0 fully saturated rings. The number of carboxylic acid groups (broad SMARTS) is 3. The Bertz CT molecular complexity index is 612. The van der Waals surface area contributed by atoms with Crippen molar-refractivity contribution in [2.75, 3.05) is 6.54 Å². The molecule has 3 atom stereocenters. The number of unbranched alkanes of at least 4 members (excludes halogenated alkanes) is 15. The largest absolute Gasteiger partial charge is 0.544 e. The van der Waals surface area contributed by atoms with E-state index < -0.39 is 40.5 Å². The molecule has 0 saturated heterocycles. The highest BCUT2D eigenvalue weighted by Gasteiger charge is 2.50. The minimum atomic E-state index is -1.42. The van der Waals surface area contributed by atoms with E-state index >= 15 is 0 Å². The van der Waals surface area contributed by atoms with Crippen molar-refractivity contribution < 1.29 is 34.2 Å².